The van der Waals surface area contributed by atoms with Crippen molar-refractivity contribution < 1.29 is 18.7 Å². The highest BCUT2D eigenvalue weighted by Crippen LogP contribution is 2.48. The number of ether oxygens (including phenoxy) is 1. The van der Waals surface area contributed by atoms with Gasteiger partial charge in [-0.25, -0.2) is 4.39 Å². The van der Waals surface area contributed by atoms with Gasteiger partial charge >= 0.3 is 0 Å². The summed E-state index contributed by atoms with van der Waals surface area (Å²) in [4.78, 5) is 23.2. The van der Waals surface area contributed by atoms with Crippen LogP contribution in [0.3, 0.4) is 0 Å². The predicted molar refractivity (Wildman–Crippen MR) is 82.3 cm³/mol. The van der Waals surface area contributed by atoms with Gasteiger partial charge in [0, 0.05) is 12.0 Å². The van der Waals surface area contributed by atoms with Crippen LogP contribution in [0.5, 0.6) is 5.75 Å². The molecule has 3 rings (SSSR count). The molecule has 1 heterocycles. The second-order valence-corrected chi connectivity index (χ2v) is 6.07. The fourth-order valence-electron chi connectivity index (χ4n) is 3.13. The Morgan fingerprint density at radius 1 is 1.43 bits per heavy atom. The second-order valence-electron chi connectivity index (χ2n) is 6.07. The molecule has 0 unspecified atom stereocenters. The Balaban J connectivity index is 1.75. The first-order chi connectivity index (χ1) is 11.0. The predicted octanol–water partition coefficient (Wildman–Crippen LogP) is 1.99. The van der Waals surface area contributed by atoms with E-state index in [0.717, 1.165) is 25.3 Å². The maximum absolute atomic E-state index is 13.6. The molecule has 23 heavy (non-hydrogen) atoms. The summed E-state index contributed by atoms with van der Waals surface area (Å²) in [7, 11) is 0. The van der Waals surface area contributed by atoms with Crippen LogP contribution in [0.2, 0.25) is 0 Å². The first kappa shape index (κ1) is 15.5. The van der Waals surface area contributed by atoms with Crippen molar-refractivity contribution in [3.05, 3.63) is 42.2 Å². The first-order valence-corrected chi connectivity index (χ1v) is 7.69. The van der Waals surface area contributed by atoms with E-state index >= 15 is 0 Å². The van der Waals surface area contributed by atoms with Gasteiger partial charge in [-0.15, -0.1) is 0 Å². The zero-order chi connectivity index (χ0) is 16.4. The van der Waals surface area contributed by atoms with E-state index in [1.807, 2.05) is 0 Å². The molecule has 1 fully saturated rings. The van der Waals surface area contributed by atoms with Gasteiger partial charge in [0.2, 0.25) is 11.8 Å². The lowest BCUT2D eigenvalue weighted by atomic mass is 9.73. The molecule has 0 radical (unpaired) electrons. The fourth-order valence-corrected chi connectivity index (χ4v) is 3.13. The van der Waals surface area contributed by atoms with Gasteiger partial charge in [-0.1, -0.05) is 6.58 Å². The molecule has 6 heteroatoms. The summed E-state index contributed by atoms with van der Waals surface area (Å²) in [6.07, 6.45) is 4.68. The van der Waals surface area contributed by atoms with Gasteiger partial charge < -0.3 is 15.4 Å². The van der Waals surface area contributed by atoms with E-state index < -0.39 is 5.91 Å². The Morgan fingerprint density at radius 3 is 2.87 bits per heavy atom. The van der Waals surface area contributed by atoms with E-state index in [1.165, 1.54) is 12.1 Å². The first-order valence-electron chi connectivity index (χ1n) is 7.69. The van der Waals surface area contributed by atoms with Gasteiger partial charge in [0.15, 0.2) is 0 Å². The average molecular weight is 318 g/mol. The zero-order valence-electron chi connectivity index (χ0n) is 12.7. The minimum absolute atomic E-state index is 0.139. The molecular weight excluding hydrogens is 299 g/mol. The van der Waals surface area contributed by atoms with Crippen LogP contribution in [0.15, 0.2) is 30.9 Å². The van der Waals surface area contributed by atoms with Crippen LogP contribution in [0.4, 0.5) is 4.39 Å². The molecule has 1 aromatic rings. The van der Waals surface area contributed by atoms with Gasteiger partial charge in [-0.2, -0.15) is 0 Å². The maximum Gasteiger partial charge on any atom is 0.243 e. The number of nitrogens with one attached hydrogen (secondary N) is 2. The normalized spacial score (nSPS) is 20.7. The topological polar surface area (TPSA) is 67.4 Å². The summed E-state index contributed by atoms with van der Waals surface area (Å²) < 4.78 is 19.6. The maximum atomic E-state index is 13.6. The third-order valence-corrected chi connectivity index (χ3v) is 4.46. The van der Waals surface area contributed by atoms with Gasteiger partial charge in [-0.05, 0) is 43.5 Å². The second kappa shape index (κ2) is 6.02. The SMILES string of the molecule is C=CC(=O)NCC(=O)N[C@H]1CC2(CCC2)Oc2ccc(F)cc21. The summed E-state index contributed by atoms with van der Waals surface area (Å²) in [6, 6.07) is 4.05. The highest BCUT2D eigenvalue weighted by atomic mass is 19.1. The number of carbonyl (C=O) groups excluding carboxylic acids is 2. The molecule has 1 aromatic carbocycles. The lowest BCUT2D eigenvalue weighted by Gasteiger charge is -2.48. The number of benzene rings is 1. The third-order valence-electron chi connectivity index (χ3n) is 4.46. The molecule has 2 N–H and O–H groups in total. The van der Waals surface area contributed by atoms with E-state index in [0.29, 0.717) is 17.7 Å². The highest BCUT2D eigenvalue weighted by molar-refractivity contribution is 5.90. The minimum atomic E-state index is -0.408. The average Bonchev–Trinajstić information content (AvgIpc) is 2.51. The summed E-state index contributed by atoms with van der Waals surface area (Å²) in [5.74, 6) is -0.472. The summed E-state index contributed by atoms with van der Waals surface area (Å²) in [5.41, 5.74) is 0.388. The van der Waals surface area contributed by atoms with Crippen molar-refractivity contribution in [1.29, 1.82) is 0 Å². The minimum Gasteiger partial charge on any atom is -0.487 e. The fraction of sp³-hybridized carbons (Fsp3) is 0.412. The van der Waals surface area contributed by atoms with E-state index in [4.69, 9.17) is 4.74 Å². The van der Waals surface area contributed by atoms with Gasteiger partial charge in [0.25, 0.3) is 0 Å². The van der Waals surface area contributed by atoms with Crippen molar-refractivity contribution in [2.45, 2.75) is 37.3 Å². The van der Waals surface area contributed by atoms with Gasteiger partial charge in [-0.3, -0.25) is 9.59 Å². The van der Waals surface area contributed by atoms with E-state index in [9.17, 15) is 14.0 Å². The Labute approximate surface area is 133 Å². The van der Waals surface area contributed by atoms with Crippen molar-refractivity contribution in [1.82, 2.24) is 10.6 Å². The Kier molecular flexibility index (Phi) is 4.07. The van der Waals surface area contributed by atoms with Crippen molar-refractivity contribution >= 4 is 11.8 Å². The van der Waals surface area contributed by atoms with Crippen molar-refractivity contribution in [2.75, 3.05) is 6.54 Å². The van der Waals surface area contributed by atoms with Gasteiger partial charge in [0.1, 0.15) is 17.2 Å². The lowest BCUT2D eigenvalue weighted by Crippen LogP contribution is -2.50. The Bertz CT molecular complexity index is 655. The summed E-state index contributed by atoms with van der Waals surface area (Å²) >= 11 is 0. The molecule has 2 aliphatic rings. The number of fused-ring (bicyclic) bond motifs is 1. The van der Waals surface area contributed by atoms with E-state index in [-0.39, 0.29) is 29.9 Å². The molecule has 2 amide bonds. The van der Waals surface area contributed by atoms with Crippen LogP contribution < -0.4 is 15.4 Å². The molecule has 1 atom stereocenters. The number of halogens is 1. The van der Waals surface area contributed by atoms with E-state index in [2.05, 4.69) is 17.2 Å². The number of amides is 2. The quantitative estimate of drug-likeness (QED) is 0.834. The molecule has 1 aliphatic heterocycles. The molecule has 1 spiro atoms. The summed E-state index contributed by atoms with van der Waals surface area (Å²) in [5, 5.41) is 5.30. The molecule has 122 valence electrons. The standard InChI is InChI=1S/C17H19FN2O3/c1-2-15(21)19-10-16(22)20-13-9-17(6-3-7-17)23-14-5-4-11(18)8-12(13)14/h2,4-5,8,13H,1,3,6-7,9-10H2,(H,19,21)(H,20,22)/t13-/m0/s1. The number of rotatable bonds is 4. The van der Waals surface area contributed by atoms with Crippen molar-refractivity contribution in [3.63, 3.8) is 0 Å². The Morgan fingerprint density at radius 2 is 2.22 bits per heavy atom. The molecule has 1 saturated carbocycles. The number of carbonyl (C=O) groups is 2. The van der Waals surface area contributed by atoms with E-state index in [1.54, 1.807) is 6.07 Å². The highest BCUT2D eigenvalue weighted by Gasteiger charge is 2.46. The number of hydrogen-bond acceptors (Lipinski definition) is 3. The van der Waals surface area contributed by atoms with Crippen molar-refractivity contribution in [2.24, 2.45) is 0 Å². The zero-order valence-corrected chi connectivity index (χ0v) is 12.7. The lowest BCUT2D eigenvalue weighted by molar-refractivity contribution is -0.125. The van der Waals surface area contributed by atoms with Crippen LogP contribution in [0, 0.1) is 5.82 Å². The smallest absolute Gasteiger partial charge is 0.243 e. The van der Waals surface area contributed by atoms with Crippen LogP contribution >= 0.6 is 0 Å². The molecule has 0 bridgehead atoms. The van der Waals surface area contributed by atoms with Crippen molar-refractivity contribution in [3.8, 4) is 5.75 Å². The monoisotopic (exact) mass is 318 g/mol. The molecular formula is C17H19FN2O3. The van der Waals surface area contributed by atoms with Crippen LogP contribution in [0.25, 0.3) is 0 Å². The molecule has 0 aromatic heterocycles. The number of hydrogen-bond donors (Lipinski definition) is 2. The van der Waals surface area contributed by atoms with Crippen LogP contribution in [-0.2, 0) is 9.59 Å². The molecule has 1 aliphatic carbocycles. The third kappa shape index (κ3) is 3.21. The van der Waals surface area contributed by atoms with Gasteiger partial charge in [0.05, 0.1) is 12.6 Å². The van der Waals surface area contributed by atoms with Crippen LogP contribution in [0.1, 0.15) is 37.3 Å². The van der Waals surface area contributed by atoms with Crippen LogP contribution in [-0.4, -0.2) is 24.0 Å². The molecule has 5 nitrogen and oxygen atoms in total. The largest absolute Gasteiger partial charge is 0.487 e. The summed E-state index contributed by atoms with van der Waals surface area (Å²) in [6.45, 7) is 3.19. The molecule has 0 saturated heterocycles. The Hall–Kier alpha value is -2.37.